The van der Waals surface area contributed by atoms with Gasteiger partial charge in [0.1, 0.15) is 0 Å². The van der Waals surface area contributed by atoms with Crippen molar-refractivity contribution in [3.05, 3.63) is 22.4 Å². The minimum atomic E-state index is 0.506. The SMILES string of the molecule is ClCC1(CCc2cccs2)CCC1. The second-order valence-electron chi connectivity index (χ2n) is 4.07. The summed E-state index contributed by atoms with van der Waals surface area (Å²) in [6.45, 7) is 0. The molecule has 0 bridgehead atoms. The van der Waals surface area contributed by atoms with Crippen molar-refractivity contribution in [3.8, 4) is 0 Å². The van der Waals surface area contributed by atoms with Gasteiger partial charge in [-0.1, -0.05) is 12.5 Å². The minimum absolute atomic E-state index is 0.506. The predicted octanol–water partition coefficient (Wildman–Crippen LogP) is 4.09. The standard InChI is InChI=1S/C11H15ClS/c12-9-11(5-2-6-11)7-4-10-3-1-8-13-10/h1,3,8H,2,4-7,9H2. The van der Waals surface area contributed by atoms with E-state index in [-0.39, 0.29) is 0 Å². The van der Waals surface area contributed by atoms with Crippen molar-refractivity contribution in [2.75, 3.05) is 5.88 Å². The van der Waals surface area contributed by atoms with E-state index in [4.69, 9.17) is 11.6 Å². The first-order chi connectivity index (χ1) is 6.35. The Kier molecular flexibility index (Phi) is 2.95. The van der Waals surface area contributed by atoms with Crippen LogP contribution in [0.1, 0.15) is 30.6 Å². The smallest absolute Gasteiger partial charge is 0.0280 e. The molecule has 1 aliphatic rings. The number of rotatable bonds is 4. The molecule has 1 aromatic heterocycles. The van der Waals surface area contributed by atoms with E-state index in [1.54, 1.807) is 0 Å². The fourth-order valence-electron chi connectivity index (χ4n) is 1.97. The highest BCUT2D eigenvalue weighted by Gasteiger charge is 2.35. The number of alkyl halides is 1. The molecule has 0 N–H and O–H groups in total. The molecule has 0 atom stereocenters. The van der Waals surface area contributed by atoms with Gasteiger partial charge in [0.15, 0.2) is 0 Å². The average Bonchev–Trinajstić information content (AvgIpc) is 2.56. The molecule has 1 heterocycles. The highest BCUT2D eigenvalue weighted by molar-refractivity contribution is 7.09. The van der Waals surface area contributed by atoms with Crippen LogP contribution in [-0.4, -0.2) is 5.88 Å². The summed E-state index contributed by atoms with van der Waals surface area (Å²) in [5.41, 5.74) is 0.506. The van der Waals surface area contributed by atoms with E-state index in [9.17, 15) is 0 Å². The van der Waals surface area contributed by atoms with E-state index >= 15 is 0 Å². The van der Waals surface area contributed by atoms with Crippen LogP contribution in [0.3, 0.4) is 0 Å². The monoisotopic (exact) mass is 214 g/mol. The van der Waals surface area contributed by atoms with E-state index in [0.29, 0.717) is 5.41 Å². The molecule has 0 aromatic carbocycles. The van der Waals surface area contributed by atoms with Crippen LogP contribution >= 0.6 is 22.9 Å². The van der Waals surface area contributed by atoms with E-state index in [1.165, 1.54) is 37.0 Å². The third-order valence-corrected chi connectivity index (χ3v) is 4.68. The summed E-state index contributed by atoms with van der Waals surface area (Å²) < 4.78 is 0. The third kappa shape index (κ3) is 2.08. The highest BCUT2D eigenvalue weighted by atomic mass is 35.5. The fourth-order valence-corrected chi connectivity index (χ4v) is 3.08. The molecule has 1 aliphatic carbocycles. The normalized spacial score (nSPS) is 19.8. The van der Waals surface area contributed by atoms with Gasteiger partial charge in [0.05, 0.1) is 0 Å². The summed E-state index contributed by atoms with van der Waals surface area (Å²) in [6, 6.07) is 4.36. The van der Waals surface area contributed by atoms with Crippen molar-refractivity contribution in [2.45, 2.75) is 32.1 Å². The molecule has 0 saturated heterocycles. The molecule has 0 nitrogen and oxygen atoms in total. The minimum Gasteiger partial charge on any atom is -0.149 e. The van der Waals surface area contributed by atoms with Gasteiger partial charge in [-0.25, -0.2) is 0 Å². The molecule has 72 valence electrons. The van der Waals surface area contributed by atoms with E-state index in [2.05, 4.69) is 17.5 Å². The zero-order valence-corrected chi connectivity index (χ0v) is 9.33. The van der Waals surface area contributed by atoms with Gasteiger partial charge >= 0.3 is 0 Å². The van der Waals surface area contributed by atoms with E-state index < -0.39 is 0 Å². The molecule has 0 radical (unpaired) electrons. The van der Waals surface area contributed by atoms with Crippen LogP contribution in [0.2, 0.25) is 0 Å². The van der Waals surface area contributed by atoms with Gasteiger partial charge in [0, 0.05) is 10.8 Å². The first-order valence-corrected chi connectivity index (χ1v) is 6.34. The van der Waals surface area contributed by atoms with Crippen LogP contribution in [0.25, 0.3) is 0 Å². The van der Waals surface area contributed by atoms with E-state index in [1.807, 2.05) is 11.3 Å². The second kappa shape index (κ2) is 4.02. The molecule has 0 aliphatic heterocycles. The topological polar surface area (TPSA) is 0 Å². The van der Waals surface area contributed by atoms with Gasteiger partial charge in [-0.2, -0.15) is 0 Å². The zero-order valence-electron chi connectivity index (χ0n) is 7.76. The van der Waals surface area contributed by atoms with Crippen LogP contribution in [0, 0.1) is 5.41 Å². The molecular formula is C11H15ClS. The number of thiophene rings is 1. The Morgan fingerprint density at radius 2 is 2.31 bits per heavy atom. The lowest BCUT2D eigenvalue weighted by Gasteiger charge is -2.40. The maximum absolute atomic E-state index is 6.00. The first kappa shape index (κ1) is 9.54. The molecule has 2 rings (SSSR count). The van der Waals surface area contributed by atoms with Gasteiger partial charge in [-0.05, 0) is 42.5 Å². The number of halogens is 1. The lowest BCUT2D eigenvalue weighted by molar-refractivity contribution is 0.152. The zero-order chi connectivity index (χ0) is 9.15. The predicted molar refractivity (Wildman–Crippen MR) is 59.6 cm³/mol. The Labute approximate surface area is 88.9 Å². The summed E-state index contributed by atoms with van der Waals surface area (Å²) >= 11 is 7.87. The van der Waals surface area contributed by atoms with Gasteiger partial charge < -0.3 is 0 Å². The third-order valence-electron chi connectivity index (χ3n) is 3.18. The van der Waals surface area contributed by atoms with Gasteiger partial charge in [-0.15, -0.1) is 22.9 Å². The van der Waals surface area contributed by atoms with Crippen LogP contribution in [-0.2, 0) is 6.42 Å². The lowest BCUT2D eigenvalue weighted by atomic mass is 9.67. The largest absolute Gasteiger partial charge is 0.149 e. The Hall–Kier alpha value is -0.0100. The fraction of sp³-hybridized carbons (Fsp3) is 0.636. The van der Waals surface area contributed by atoms with Crippen molar-refractivity contribution < 1.29 is 0 Å². The summed E-state index contributed by atoms with van der Waals surface area (Å²) in [7, 11) is 0. The Balaban J connectivity index is 1.84. The van der Waals surface area contributed by atoms with Crippen molar-refractivity contribution in [2.24, 2.45) is 5.41 Å². The van der Waals surface area contributed by atoms with Gasteiger partial charge in [0.2, 0.25) is 0 Å². The quantitative estimate of drug-likeness (QED) is 0.663. The summed E-state index contributed by atoms with van der Waals surface area (Å²) in [5.74, 6) is 0.859. The lowest BCUT2D eigenvalue weighted by Crippen LogP contribution is -2.31. The summed E-state index contributed by atoms with van der Waals surface area (Å²) in [5, 5.41) is 2.16. The number of hydrogen-bond donors (Lipinski definition) is 0. The number of hydrogen-bond acceptors (Lipinski definition) is 1. The molecule has 1 fully saturated rings. The molecule has 2 heteroatoms. The van der Waals surface area contributed by atoms with Crippen LogP contribution in [0.4, 0.5) is 0 Å². The Morgan fingerprint density at radius 1 is 1.46 bits per heavy atom. The molecular weight excluding hydrogens is 200 g/mol. The molecule has 1 saturated carbocycles. The number of aryl methyl sites for hydroxylation is 1. The van der Waals surface area contributed by atoms with Crippen molar-refractivity contribution in [3.63, 3.8) is 0 Å². The maximum atomic E-state index is 6.00. The summed E-state index contributed by atoms with van der Waals surface area (Å²) in [4.78, 5) is 1.51. The van der Waals surface area contributed by atoms with Crippen LogP contribution in [0.15, 0.2) is 17.5 Å². The summed E-state index contributed by atoms with van der Waals surface area (Å²) in [6.07, 6.45) is 6.60. The van der Waals surface area contributed by atoms with Crippen molar-refractivity contribution in [1.29, 1.82) is 0 Å². The molecule has 1 aromatic rings. The van der Waals surface area contributed by atoms with Crippen LogP contribution in [0.5, 0.6) is 0 Å². The van der Waals surface area contributed by atoms with Gasteiger partial charge in [0.25, 0.3) is 0 Å². The Bertz CT molecular complexity index is 244. The van der Waals surface area contributed by atoms with Crippen molar-refractivity contribution in [1.82, 2.24) is 0 Å². The highest BCUT2D eigenvalue weighted by Crippen LogP contribution is 2.45. The van der Waals surface area contributed by atoms with Crippen LogP contribution < -0.4 is 0 Å². The molecule has 0 spiro atoms. The molecule has 13 heavy (non-hydrogen) atoms. The average molecular weight is 215 g/mol. The van der Waals surface area contributed by atoms with E-state index in [0.717, 1.165) is 5.88 Å². The molecule has 0 unspecified atom stereocenters. The second-order valence-corrected chi connectivity index (χ2v) is 5.37. The Morgan fingerprint density at radius 3 is 2.77 bits per heavy atom. The maximum Gasteiger partial charge on any atom is 0.0280 e. The van der Waals surface area contributed by atoms with Gasteiger partial charge in [-0.3, -0.25) is 0 Å². The molecule has 0 amide bonds. The van der Waals surface area contributed by atoms with Crippen molar-refractivity contribution >= 4 is 22.9 Å². The first-order valence-electron chi connectivity index (χ1n) is 4.93.